The molecule has 0 aliphatic carbocycles. The summed E-state index contributed by atoms with van der Waals surface area (Å²) in [5.74, 6) is -0.0222. The second-order valence-corrected chi connectivity index (χ2v) is 8.76. The normalized spacial score (nSPS) is 18.0. The molecule has 1 aromatic carbocycles. The second-order valence-electron chi connectivity index (χ2n) is 5.23. The molecule has 1 aliphatic heterocycles. The van der Waals surface area contributed by atoms with Gasteiger partial charge in [-0.05, 0) is 47.8 Å². The Labute approximate surface area is 139 Å². The van der Waals surface area contributed by atoms with Crippen LogP contribution in [0.15, 0.2) is 39.9 Å². The number of thiophene rings is 1. The lowest BCUT2D eigenvalue weighted by Crippen LogP contribution is -2.16. The van der Waals surface area contributed by atoms with Crippen molar-refractivity contribution in [2.75, 3.05) is 5.32 Å². The van der Waals surface area contributed by atoms with Gasteiger partial charge in [0.2, 0.25) is 0 Å². The SMILES string of the molecule is CC1Cc2ccc(CS(=O)(=O)c3cccs3)cc2NC(=S)O1. The van der Waals surface area contributed by atoms with Gasteiger partial charge in [-0.2, -0.15) is 0 Å². The lowest BCUT2D eigenvalue weighted by molar-refractivity contribution is 0.217. The third kappa shape index (κ3) is 3.31. The van der Waals surface area contributed by atoms with Crippen molar-refractivity contribution in [3.05, 3.63) is 46.8 Å². The van der Waals surface area contributed by atoms with Crippen molar-refractivity contribution < 1.29 is 13.2 Å². The molecule has 1 aromatic heterocycles. The first-order valence-electron chi connectivity index (χ1n) is 6.80. The fourth-order valence-corrected chi connectivity index (χ4v) is 5.11. The van der Waals surface area contributed by atoms with E-state index in [1.165, 1.54) is 11.3 Å². The van der Waals surface area contributed by atoms with E-state index in [-0.39, 0.29) is 11.9 Å². The molecule has 2 aromatic rings. The lowest BCUT2D eigenvalue weighted by atomic mass is 10.0. The Kier molecular flexibility index (Phi) is 4.20. The Morgan fingerprint density at radius 2 is 2.23 bits per heavy atom. The molecule has 4 nitrogen and oxygen atoms in total. The summed E-state index contributed by atoms with van der Waals surface area (Å²) in [4.78, 5) is 0. The number of ether oxygens (including phenoxy) is 1. The van der Waals surface area contributed by atoms with E-state index in [0.29, 0.717) is 9.38 Å². The molecule has 1 unspecified atom stereocenters. The van der Waals surface area contributed by atoms with E-state index in [9.17, 15) is 8.42 Å². The van der Waals surface area contributed by atoms with Gasteiger partial charge in [-0.1, -0.05) is 18.2 Å². The minimum absolute atomic E-state index is 0.00181. The third-order valence-corrected chi connectivity index (χ3v) is 6.76. The number of hydrogen-bond donors (Lipinski definition) is 1. The van der Waals surface area contributed by atoms with Crippen LogP contribution in [0.2, 0.25) is 0 Å². The highest BCUT2D eigenvalue weighted by Crippen LogP contribution is 2.27. The van der Waals surface area contributed by atoms with Crippen molar-refractivity contribution in [3.8, 4) is 0 Å². The van der Waals surface area contributed by atoms with Gasteiger partial charge in [0.25, 0.3) is 5.17 Å². The van der Waals surface area contributed by atoms with E-state index in [4.69, 9.17) is 17.0 Å². The molecule has 0 saturated heterocycles. The van der Waals surface area contributed by atoms with Gasteiger partial charge in [0, 0.05) is 12.1 Å². The average Bonchev–Trinajstić information content (AvgIpc) is 2.91. The van der Waals surface area contributed by atoms with Crippen LogP contribution >= 0.6 is 23.6 Å². The number of rotatable bonds is 3. The van der Waals surface area contributed by atoms with Gasteiger partial charge in [-0.3, -0.25) is 0 Å². The molecule has 0 amide bonds. The zero-order valence-electron chi connectivity index (χ0n) is 11.9. The van der Waals surface area contributed by atoms with E-state index in [0.717, 1.165) is 23.2 Å². The van der Waals surface area contributed by atoms with E-state index >= 15 is 0 Å². The maximum Gasteiger partial charge on any atom is 0.261 e. The van der Waals surface area contributed by atoms with Crippen LogP contribution in [-0.2, 0) is 26.7 Å². The summed E-state index contributed by atoms with van der Waals surface area (Å²) in [5.41, 5.74) is 2.63. The first-order chi connectivity index (χ1) is 10.4. The smallest absolute Gasteiger partial charge is 0.261 e. The highest BCUT2D eigenvalue weighted by Gasteiger charge is 2.20. The van der Waals surface area contributed by atoms with Crippen LogP contribution in [0.5, 0.6) is 0 Å². The van der Waals surface area contributed by atoms with Gasteiger partial charge in [0.1, 0.15) is 10.3 Å². The van der Waals surface area contributed by atoms with Crippen LogP contribution in [0.3, 0.4) is 0 Å². The Balaban J connectivity index is 1.90. The van der Waals surface area contributed by atoms with Crippen LogP contribution in [-0.4, -0.2) is 19.7 Å². The molecule has 0 saturated carbocycles. The molecule has 0 fully saturated rings. The summed E-state index contributed by atoms with van der Waals surface area (Å²) in [5, 5.41) is 5.12. The first-order valence-corrected chi connectivity index (χ1v) is 9.74. The predicted octanol–water partition coefficient (Wildman–Crippen LogP) is 3.38. The topological polar surface area (TPSA) is 55.4 Å². The molecule has 3 rings (SSSR count). The molecular formula is C15H15NO3S3. The van der Waals surface area contributed by atoms with Crippen LogP contribution in [0.4, 0.5) is 5.69 Å². The molecule has 7 heteroatoms. The zero-order valence-corrected chi connectivity index (χ0v) is 14.4. The summed E-state index contributed by atoms with van der Waals surface area (Å²) in [6, 6.07) is 9.01. The molecule has 0 spiro atoms. The van der Waals surface area contributed by atoms with Crippen LogP contribution in [0.25, 0.3) is 0 Å². The zero-order chi connectivity index (χ0) is 15.7. The summed E-state index contributed by atoms with van der Waals surface area (Å²) >= 11 is 6.35. The molecular weight excluding hydrogens is 338 g/mol. The lowest BCUT2D eigenvalue weighted by Gasteiger charge is -2.09. The minimum atomic E-state index is -3.30. The van der Waals surface area contributed by atoms with E-state index in [1.54, 1.807) is 17.5 Å². The molecule has 1 atom stereocenters. The van der Waals surface area contributed by atoms with Gasteiger partial charge < -0.3 is 10.1 Å². The number of sulfone groups is 1. The number of anilines is 1. The Bertz CT molecular complexity index is 797. The second kappa shape index (κ2) is 5.98. The molecule has 22 heavy (non-hydrogen) atoms. The minimum Gasteiger partial charge on any atom is -0.467 e. The summed E-state index contributed by atoms with van der Waals surface area (Å²) in [6.45, 7) is 1.96. The van der Waals surface area contributed by atoms with Crippen molar-refractivity contribution in [3.63, 3.8) is 0 Å². The third-order valence-electron chi connectivity index (χ3n) is 3.38. The number of hydrogen-bond acceptors (Lipinski definition) is 5. The van der Waals surface area contributed by atoms with E-state index in [1.807, 2.05) is 25.1 Å². The molecule has 1 aliphatic rings. The summed E-state index contributed by atoms with van der Waals surface area (Å²) in [7, 11) is -3.30. The van der Waals surface area contributed by atoms with Crippen molar-refractivity contribution in [2.24, 2.45) is 0 Å². The molecule has 0 radical (unpaired) electrons. The number of nitrogens with one attached hydrogen (secondary N) is 1. The van der Waals surface area contributed by atoms with E-state index in [2.05, 4.69) is 5.32 Å². The van der Waals surface area contributed by atoms with Crippen molar-refractivity contribution in [1.82, 2.24) is 0 Å². The van der Waals surface area contributed by atoms with Crippen LogP contribution in [0, 0.1) is 0 Å². The van der Waals surface area contributed by atoms with Gasteiger partial charge in [-0.15, -0.1) is 11.3 Å². The molecule has 1 N–H and O–H groups in total. The van der Waals surface area contributed by atoms with Crippen LogP contribution in [0.1, 0.15) is 18.1 Å². The highest BCUT2D eigenvalue weighted by molar-refractivity contribution is 7.92. The quantitative estimate of drug-likeness (QED) is 0.858. The fourth-order valence-electron chi connectivity index (χ4n) is 2.41. The molecule has 116 valence electrons. The van der Waals surface area contributed by atoms with Gasteiger partial charge in [-0.25, -0.2) is 8.42 Å². The fraction of sp³-hybridized carbons (Fsp3) is 0.267. The molecule has 0 bridgehead atoms. The predicted molar refractivity (Wildman–Crippen MR) is 92.1 cm³/mol. The number of thiocarbonyl (C=S) groups is 1. The number of fused-ring (bicyclic) bond motifs is 1. The number of benzene rings is 1. The Morgan fingerprint density at radius 3 is 2.95 bits per heavy atom. The van der Waals surface area contributed by atoms with Crippen LogP contribution < -0.4 is 5.32 Å². The van der Waals surface area contributed by atoms with Crippen molar-refractivity contribution in [1.29, 1.82) is 0 Å². The van der Waals surface area contributed by atoms with Crippen molar-refractivity contribution >= 4 is 44.3 Å². The maximum atomic E-state index is 12.4. The molecule has 2 heterocycles. The van der Waals surface area contributed by atoms with Gasteiger partial charge in [0.15, 0.2) is 9.84 Å². The van der Waals surface area contributed by atoms with Crippen molar-refractivity contribution in [2.45, 2.75) is 29.4 Å². The summed E-state index contributed by atoms with van der Waals surface area (Å²) < 4.78 is 30.6. The van der Waals surface area contributed by atoms with E-state index < -0.39 is 9.84 Å². The monoisotopic (exact) mass is 353 g/mol. The first kappa shape index (κ1) is 15.5. The Hall–Kier alpha value is -1.44. The van der Waals surface area contributed by atoms with Gasteiger partial charge in [0.05, 0.1) is 5.75 Å². The largest absolute Gasteiger partial charge is 0.467 e. The highest BCUT2D eigenvalue weighted by atomic mass is 32.2. The Morgan fingerprint density at radius 1 is 1.41 bits per heavy atom. The summed E-state index contributed by atoms with van der Waals surface area (Å²) in [6.07, 6.45) is 0.738. The van der Waals surface area contributed by atoms with Gasteiger partial charge >= 0.3 is 0 Å². The maximum absolute atomic E-state index is 12.4. The average molecular weight is 353 g/mol. The standard InChI is InChI=1S/C15H15NO3S3/c1-10-7-12-5-4-11(8-13(12)16-15(20)19-10)9-22(17,18)14-3-2-6-21-14/h2-6,8,10H,7,9H2,1H3,(H,16,20).